The molecule has 0 radical (unpaired) electrons. The van der Waals surface area contributed by atoms with Crippen LogP contribution in [0.25, 0.3) is 0 Å². The number of hydrogen-bond acceptors (Lipinski definition) is 1. The van der Waals surface area contributed by atoms with Crippen molar-refractivity contribution in [1.82, 2.24) is 0 Å². The van der Waals surface area contributed by atoms with Gasteiger partial charge in [-0.3, -0.25) is 0 Å². The molecule has 0 spiro atoms. The Hall–Kier alpha value is 0.250. The molecule has 0 aliphatic heterocycles. The Bertz CT molecular complexity index is 104. The van der Waals surface area contributed by atoms with Gasteiger partial charge in [-0.05, 0) is 31.2 Å². The van der Waals surface area contributed by atoms with E-state index < -0.39 is 0 Å². The van der Waals surface area contributed by atoms with Crippen molar-refractivity contribution in [2.24, 2.45) is 17.6 Å². The second kappa shape index (κ2) is 6.73. The van der Waals surface area contributed by atoms with Crippen LogP contribution in [0.5, 0.6) is 0 Å². The third kappa shape index (κ3) is 5.00. The zero-order valence-electron chi connectivity index (χ0n) is 8.52. The van der Waals surface area contributed by atoms with E-state index in [1.54, 1.807) is 0 Å². The highest BCUT2D eigenvalue weighted by atomic mass is 35.5. The van der Waals surface area contributed by atoms with E-state index in [0.29, 0.717) is 17.2 Å². The normalized spacial score (nSPS) is 16.5. The first-order chi connectivity index (χ1) is 5.59. The fourth-order valence-electron chi connectivity index (χ4n) is 1.43. The van der Waals surface area contributed by atoms with E-state index in [4.69, 9.17) is 17.3 Å². The molecule has 0 fully saturated rings. The topological polar surface area (TPSA) is 26.0 Å². The fourth-order valence-corrected chi connectivity index (χ4v) is 1.55. The lowest BCUT2D eigenvalue weighted by atomic mass is 9.93. The zero-order chi connectivity index (χ0) is 9.56. The molecule has 0 saturated heterocycles. The van der Waals surface area contributed by atoms with Crippen molar-refractivity contribution in [1.29, 1.82) is 0 Å². The maximum atomic E-state index is 6.21. The molecule has 0 aliphatic carbocycles. The van der Waals surface area contributed by atoms with Gasteiger partial charge >= 0.3 is 0 Å². The monoisotopic (exact) mass is 191 g/mol. The molecule has 0 rings (SSSR count). The first-order valence-corrected chi connectivity index (χ1v) is 5.37. The van der Waals surface area contributed by atoms with Crippen molar-refractivity contribution in [3.8, 4) is 0 Å². The third-order valence-electron chi connectivity index (χ3n) is 2.29. The Labute approximate surface area is 81.7 Å². The lowest BCUT2D eigenvalue weighted by Crippen LogP contribution is -2.18. The Morgan fingerprint density at radius 2 is 1.75 bits per heavy atom. The molecule has 0 saturated carbocycles. The average molecular weight is 192 g/mol. The standard InChI is InChI=1S/C10H22ClN/c1-8(2)10(11)9(3)6-4-5-7-12/h8-10H,4-7,12H2,1-3H3. The maximum absolute atomic E-state index is 6.21. The van der Waals surface area contributed by atoms with Gasteiger partial charge in [0.25, 0.3) is 0 Å². The quantitative estimate of drug-likeness (QED) is 0.507. The smallest absolute Gasteiger partial charge is 0.0384 e. The Morgan fingerprint density at radius 1 is 1.17 bits per heavy atom. The fraction of sp³-hybridized carbons (Fsp3) is 1.00. The number of hydrogen-bond donors (Lipinski definition) is 1. The highest BCUT2D eigenvalue weighted by Crippen LogP contribution is 2.23. The van der Waals surface area contributed by atoms with Crippen LogP contribution in [-0.4, -0.2) is 11.9 Å². The summed E-state index contributed by atoms with van der Waals surface area (Å²) in [6, 6.07) is 0. The predicted molar refractivity (Wildman–Crippen MR) is 56.5 cm³/mol. The van der Waals surface area contributed by atoms with Gasteiger partial charge in [-0.1, -0.05) is 27.2 Å². The lowest BCUT2D eigenvalue weighted by Gasteiger charge is -2.20. The minimum Gasteiger partial charge on any atom is -0.330 e. The minimum absolute atomic E-state index is 0.322. The molecule has 0 amide bonds. The summed E-state index contributed by atoms with van der Waals surface area (Å²) < 4.78 is 0. The van der Waals surface area contributed by atoms with Gasteiger partial charge in [-0.15, -0.1) is 11.6 Å². The molecule has 0 aromatic rings. The second-order valence-electron chi connectivity index (χ2n) is 3.95. The van der Waals surface area contributed by atoms with Gasteiger partial charge in [0.05, 0.1) is 0 Å². The predicted octanol–water partition coefficient (Wildman–Crippen LogP) is 3.01. The highest BCUT2D eigenvalue weighted by molar-refractivity contribution is 6.20. The molecule has 2 unspecified atom stereocenters. The number of unbranched alkanes of at least 4 members (excludes halogenated alkanes) is 1. The van der Waals surface area contributed by atoms with Crippen molar-refractivity contribution in [3.63, 3.8) is 0 Å². The molecule has 0 aromatic heterocycles. The zero-order valence-corrected chi connectivity index (χ0v) is 9.27. The van der Waals surface area contributed by atoms with Crippen LogP contribution >= 0.6 is 11.6 Å². The summed E-state index contributed by atoms with van der Waals surface area (Å²) in [5.41, 5.74) is 5.42. The van der Waals surface area contributed by atoms with Gasteiger partial charge in [0, 0.05) is 5.38 Å². The van der Waals surface area contributed by atoms with Crippen molar-refractivity contribution < 1.29 is 0 Å². The molecule has 0 bridgehead atoms. The Kier molecular flexibility index (Phi) is 6.87. The minimum atomic E-state index is 0.322. The van der Waals surface area contributed by atoms with Crippen LogP contribution in [-0.2, 0) is 0 Å². The molecule has 1 nitrogen and oxygen atoms in total. The maximum Gasteiger partial charge on any atom is 0.0384 e. The molecule has 0 aliphatic rings. The molecule has 2 N–H and O–H groups in total. The number of rotatable bonds is 6. The van der Waals surface area contributed by atoms with Gasteiger partial charge in [-0.2, -0.15) is 0 Å². The molecular weight excluding hydrogens is 170 g/mol. The largest absolute Gasteiger partial charge is 0.330 e. The van der Waals surface area contributed by atoms with Crippen molar-refractivity contribution in [3.05, 3.63) is 0 Å². The molecule has 12 heavy (non-hydrogen) atoms. The van der Waals surface area contributed by atoms with Gasteiger partial charge in [0.15, 0.2) is 0 Å². The average Bonchev–Trinajstić information content (AvgIpc) is 2.03. The summed E-state index contributed by atoms with van der Waals surface area (Å²) in [5, 5.41) is 0.322. The van der Waals surface area contributed by atoms with Crippen molar-refractivity contribution in [2.45, 2.75) is 45.4 Å². The molecule has 2 atom stereocenters. The first kappa shape index (κ1) is 12.2. The summed E-state index contributed by atoms with van der Waals surface area (Å²) in [6.07, 6.45) is 3.56. The van der Waals surface area contributed by atoms with Crippen LogP contribution in [0.4, 0.5) is 0 Å². The SMILES string of the molecule is CC(C)C(Cl)C(C)CCCCN. The van der Waals surface area contributed by atoms with Gasteiger partial charge in [0.1, 0.15) is 0 Å². The highest BCUT2D eigenvalue weighted by Gasteiger charge is 2.16. The Morgan fingerprint density at radius 3 is 2.17 bits per heavy atom. The van der Waals surface area contributed by atoms with Crippen molar-refractivity contribution in [2.75, 3.05) is 6.54 Å². The van der Waals surface area contributed by atoms with Gasteiger partial charge in [-0.25, -0.2) is 0 Å². The van der Waals surface area contributed by atoms with E-state index in [-0.39, 0.29) is 0 Å². The van der Waals surface area contributed by atoms with Gasteiger partial charge in [0.2, 0.25) is 0 Å². The number of halogens is 1. The second-order valence-corrected chi connectivity index (χ2v) is 4.45. The van der Waals surface area contributed by atoms with Crippen LogP contribution in [0.3, 0.4) is 0 Å². The molecule has 2 heteroatoms. The van der Waals surface area contributed by atoms with Crippen LogP contribution < -0.4 is 5.73 Å². The van der Waals surface area contributed by atoms with E-state index >= 15 is 0 Å². The lowest BCUT2D eigenvalue weighted by molar-refractivity contribution is 0.411. The van der Waals surface area contributed by atoms with E-state index in [9.17, 15) is 0 Å². The van der Waals surface area contributed by atoms with Crippen molar-refractivity contribution >= 4 is 11.6 Å². The van der Waals surface area contributed by atoms with Crippen LogP contribution in [0.15, 0.2) is 0 Å². The van der Waals surface area contributed by atoms with Crippen LogP contribution in [0.2, 0.25) is 0 Å². The van der Waals surface area contributed by atoms with E-state index in [2.05, 4.69) is 20.8 Å². The summed E-state index contributed by atoms with van der Waals surface area (Å²) >= 11 is 6.21. The van der Waals surface area contributed by atoms with E-state index in [0.717, 1.165) is 13.0 Å². The van der Waals surface area contributed by atoms with Crippen LogP contribution in [0, 0.1) is 11.8 Å². The van der Waals surface area contributed by atoms with Gasteiger partial charge < -0.3 is 5.73 Å². The Balaban J connectivity index is 3.49. The van der Waals surface area contributed by atoms with E-state index in [1.807, 2.05) is 0 Å². The summed E-state index contributed by atoms with van der Waals surface area (Å²) in [4.78, 5) is 0. The summed E-state index contributed by atoms with van der Waals surface area (Å²) in [5.74, 6) is 1.21. The van der Waals surface area contributed by atoms with E-state index in [1.165, 1.54) is 12.8 Å². The number of alkyl halides is 1. The van der Waals surface area contributed by atoms with Crippen LogP contribution in [0.1, 0.15) is 40.0 Å². The molecule has 74 valence electrons. The summed E-state index contributed by atoms with van der Waals surface area (Å²) in [7, 11) is 0. The third-order valence-corrected chi connectivity index (χ3v) is 3.23. The number of nitrogens with two attached hydrogens (primary N) is 1. The molecule has 0 aromatic carbocycles. The molecular formula is C10H22ClN. The first-order valence-electron chi connectivity index (χ1n) is 4.93. The summed E-state index contributed by atoms with van der Waals surface area (Å²) in [6.45, 7) is 7.39. The molecule has 0 heterocycles.